The quantitative estimate of drug-likeness (QED) is 0.781. The van der Waals surface area contributed by atoms with Crippen molar-refractivity contribution in [2.45, 2.75) is 25.3 Å². The minimum Gasteiger partial charge on any atom is -0.339 e. The molecule has 0 radical (unpaired) electrons. The van der Waals surface area contributed by atoms with E-state index in [2.05, 4.69) is 15.5 Å². The summed E-state index contributed by atoms with van der Waals surface area (Å²) in [6, 6.07) is 9.12. The number of hydrogen-bond acceptors (Lipinski definition) is 4. The summed E-state index contributed by atoms with van der Waals surface area (Å²) >= 11 is 0. The van der Waals surface area contributed by atoms with E-state index in [0.29, 0.717) is 35.6 Å². The topological polar surface area (TPSA) is 73.0 Å². The van der Waals surface area contributed by atoms with Gasteiger partial charge in [-0.1, -0.05) is 5.16 Å². The average molecular weight is 326 g/mol. The van der Waals surface area contributed by atoms with Crippen LogP contribution in [0.4, 0.5) is 10.1 Å². The number of aromatic nitrogens is 3. The minimum atomic E-state index is -0.347. The van der Waals surface area contributed by atoms with Crippen molar-refractivity contribution in [3.05, 3.63) is 65.8 Å². The minimum absolute atomic E-state index is 0.280. The van der Waals surface area contributed by atoms with Crippen LogP contribution < -0.4 is 5.32 Å². The molecule has 1 saturated carbocycles. The second kappa shape index (κ2) is 5.92. The monoisotopic (exact) mass is 326 g/mol. The molecule has 7 heteroatoms. The lowest BCUT2D eigenvalue weighted by Crippen LogP contribution is -2.17. The molecule has 0 saturated heterocycles. The molecular formula is C17H15FN4O2. The SMILES string of the molecule is O=C(Nc1ccc(F)cc1)c1cccn1Cc1noc(C2CC2)n1. The van der Waals surface area contributed by atoms with Gasteiger partial charge in [0.1, 0.15) is 11.5 Å². The van der Waals surface area contributed by atoms with Gasteiger partial charge < -0.3 is 14.4 Å². The molecule has 1 aromatic carbocycles. The Morgan fingerprint density at radius 3 is 2.83 bits per heavy atom. The molecule has 3 aromatic rings. The summed E-state index contributed by atoms with van der Waals surface area (Å²) in [7, 11) is 0. The van der Waals surface area contributed by atoms with E-state index in [9.17, 15) is 9.18 Å². The largest absolute Gasteiger partial charge is 0.339 e. The highest BCUT2D eigenvalue weighted by Crippen LogP contribution is 2.38. The van der Waals surface area contributed by atoms with Gasteiger partial charge in [0, 0.05) is 17.8 Å². The number of halogens is 1. The van der Waals surface area contributed by atoms with Crippen LogP contribution in [0.15, 0.2) is 47.1 Å². The lowest BCUT2D eigenvalue weighted by molar-refractivity contribution is 0.101. The van der Waals surface area contributed by atoms with Crippen LogP contribution in [0.3, 0.4) is 0 Å². The van der Waals surface area contributed by atoms with Crippen molar-refractivity contribution in [3.8, 4) is 0 Å². The molecule has 1 N–H and O–H groups in total. The Hall–Kier alpha value is -2.96. The lowest BCUT2D eigenvalue weighted by Gasteiger charge is -2.08. The third-order valence-corrected chi connectivity index (χ3v) is 3.89. The van der Waals surface area contributed by atoms with E-state index in [4.69, 9.17) is 4.52 Å². The van der Waals surface area contributed by atoms with Gasteiger partial charge in [0.15, 0.2) is 5.82 Å². The molecule has 2 aromatic heterocycles. The maximum atomic E-state index is 12.9. The molecule has 1 amide bonds. The van der Waals surface area contributed by atoms with E-state index in [-0.39, 0.29) is 11.7 Å². The Morgan fingerprint density at radius 1 is 1.29 bits per heavy atom. The molecule has 122 valence electrons. The summed E-state index contributed by atoms with van der Waals surface area (Å²) in [5, 5.41) is 6.71. The lowest BCUT2D eigenvalue weighted by atomic mass is 10.3. The molecular weight excluding hydrogens is 311 g/mol. The van der Waals surface area contributed by atoms with E-state index in [1.807, 2.05) is 0 Å². The van der Waals surface area contributed by atoms with Gasteiger partial charge in [-0.2, -0.15) is 4.98 Å². The number of nitrogens with zero attached hydrogens (tertiary/aromatic N) is 3. The van der Waals surface area contributed by atoms with Crippen LogP contribution in [0.2, 0.25) is 0 Å². The number of benzene rings is 1. The fourth-order valence-electron chi connectivity index (χ4n) is 2.47. The molecule has 0 bridgehead atoms. The summed E-state index contributed by atoms with van der Waals surface area (Å²) in [5.41, 5.74) is 1.00. The third kappa shape index (κ3) is 3.05. The Morgan fingerprint density at radius 2 is 2.08 bits per heavy atom. The Bertz CT molecular complexity index is 865. The predicted octanol–water partition coefficient (Wildman–Crippen LogP) is 3.19. The molecule has 0 unspecified atom stereocenters. The zero-order valence-electron chi connectivity index (χ0n) is 12.8. The molecule has 1 fully saturated rings. The standard InChI is InChI=1S/C17H15FN4O2/c18-12-5-7-13(8-6-12)19-16(23)14-2-1-9-22(14)10-15-20-17(24-21-15)11-3-4-11/h1-2,5-9,11H,3-4,10H2,(H,19,23). The Balaban J connectivity index is 1.48. The van der Waals surface area contributed by atoms with Crippen molar-refractivity contribution < 1.29 is 13.7 Å². The van der Waals surface area contributed by atoms with Gasteiger partial charge in [-0.15, -0.1) is 0 Å². The van der Waals surface area contributed by atoms with Crippen molar-refractivity contribution >= 4 is 11.6 Å². The van der Waals surface area contributed by atoms with Crippen LogP contribution in [0.5, 0.6) is 0 Å². The molecule has 4 rings (SSSR count). The molecule has 2 heterocycles. The first-order valence-electron chi connectivity index (χ1n) is 7.73. The summed E-state index contributed by atoms with van der Waals surface area (Å²) < 4.78 is 19.9. The van der Waals surface area contributed by atoms with E-state index in [0.717, 1.165) is 12.8 Å². The van der Waals surface area contributed by atoms with Gasteiger partial charge in [0.05, 0.1) is 6.54 Å². The van der Waals surface area contributed by atoms with Gasteiger partial charge in [-0.3, -0.25) is 4.79 Å². The number of rotatable bonds is 5. The van der Waals surface area contributed by atoms with Gasteiger partial charge in [0.2, 0.25) is 5.89 Å². The number of carbonyl (C=O) groups excluding carboxylic acids is 1. The summed E-state index contributed by atoms with van der Waals surface area (Å²) in [6.45, 7) is 0.357. The second-order valence-electron chi connectivity index (χ2n) is 5.81. The van der Waals surface area contributed by atoms with Crippen molar-refractivity contribution in [2.24, 2.45) is 0 Å². The normalized spacial score (nSPS) is 13.9. The van der Waals surface area contributed by atoms with Crippen LogP contribution in [0.1, 0.15) is 41.0 Å². The highest BCUT2D eigenvalue weighted by atomic mass is 19.1. The molecule has 1 aliphatic rings. The van der Waals surface area contributed by atoms with Crippen LogP contribution in [-0.4, -0.2) is 20.6 Å². The number of amides is 1. The van der Waals surface area contributed by atoms with E-state index in [1.165, 1.54) is 24.3 Å². The van der Waals surface area contributed by atoms with Crippen molar-refractivity contribution in [3.63, 3.8) is 0 Å². The fraction of sp³-hybridized carbons (Fsp3) is 0.235. The summed E-state index contributed by atoms with van der Waals surface area (Å²) in [4.78, 5) is 16.8. The van der Waals surface area contributed by atoms with E-state index < -0.39 is 0 Å². The van der Waals surface area contributed by atoms with Crippen LogP contribution in [0.25, 0.3) is 0 Å². The Labute approximate surface area is 137 Å². The molecule has 0 spiro atoms. The Kier molecular flexibility index (Phi) is 3.60. The van der Waals surface area contributed by atoms with Gasteiger partial charge in [0.25, 0.3) is 5.91 Å². The maximum absolute atomic E-state index is 12.9. The fourth-order valence-corrected chi connectivity index (χ4v) is 2.47. The highest BCUT2D eigenvalue weighted by Gasteiger charge is 2.29. The zero-order chi connectivity index (χ0) is 16.5. The first-order chi connectivity index (χ1) is 11.7. The van der Waals surface area contributed by atoms with Crippen LogP contribution >= 0.6 is 0 Å². The number of hydrogen-bond donors (Lipinski definition) is 1. The van der Waals surface area contributed by atoms with E-state index in [1.54, 1.807) is 22.9 Å². The zero-order valence-corrected chi connectivity index (χ0v) is 12.8. The average Bonchev–Trinajstić information content (AvgIpc) is 3.14. The van der Waals surface area contributed by atoms with Crippen molar-refractivity contribution in [1.29, 1.82) is 0 Å². The number of nitrogens with one attached hydrogen (secondary N) is 1. The maximum Gasteiger partial charge on any atom is 0.272 e. The second-order valence-corrected chi connectivity index (χ2v) is 5.81. The summed E-state index contributed by atoms with van der Waals surface area (Å²) in [6.07, 6.45) is 3.97. The van der Waals surface area contributed by atoms with Crippen LogP contribution in [-0.2, 0) is 6.54 Å². The molecule has 6 nitrogen and oxygen atoms in total. The first-order valence-corrected chi connectivity index (χ1v) is 7.73. The smallest absolute Gasteiger partial charge is 0.272 e. The summed E-state index contributed by atoms with van der Waals surface area (Å²) in [5.74, 6) is 0.994. The van der Waals surface area contributed by atoms with Gasteiger partial charge in [-0.25, -0.2) is 4.39 Å². The third-order valence-electron chi connectivity index (χ3n) is 3.89. The van der Waals surface area contributed by atoms with Crippen molar-refractivity contribution in [2.75, 3.05) is 5.32 Å². The van der Waals surface area contributed by atoms with Gasteiger partial charge >= 0.3 is 0 Å². The first kappa shape index (κ1) is 14.6. The molecule has 0 aliphatic heterocycles. The van der Waals surface area contributed by atoms with Crippen LogP contribution in [0, 0.1) is 5.82 Å². The van der Waals surface area contributed by atoms with Gasteiger partial charge in [-0.05, 0) is 49.2 Å². The molecule has 0 atom stereocenters. The highest BCUT2D eigenvalue weighted by molar-refractivity contribution is 6.03. The van der Waals surface area contributed by atoms with Crippen molar-refractivity contribution in [1.82, 2.24) is 14.7 Å². The molecule has 1 aliphatic carbocycles. The van der Waals surface area contributed by atoms with E-state index >= 15 is 0 Å². The predicted molar refractivity (Wildman–Crippen MR) is 84.2 cm³/mol. The molecule has 24 heavy (non-hydrogen) atoms. The number of anilines is 1. The number of carbonyl (C=O) groups is 1.